The van der Waals surface area contributed by atoms with Crippen LogP contribution in [-0.4, -0.2) is 34.6 Å². The number of amides is 1. The third kappa shape index (κ3) is 3.59. The number of aromatic nitrogens is 1. The Kier molecular flexibility index (Phi) is 4.55. The molecule has 0 N–H and O–H groups in total. The average Bonchev–Trinajstić information content (AvgIpc) is 3.22. The Bertz CT molecular complexity index is 805. The van der Waals surface area contributed by atoms with E-state index in [1.165, 1.54) is 12.1 Å². The van der Waals surface area contributed by atoms with Gasteiger partial charge in [0.1, 0.15) is 17.6 Å². The fourth-order valence-electron chi connectivity index (χ4n) is 2.67. The predicted molar refractivity (Wildman–Crippen MR) is 89.8 cm³/mol. The Hall–Kier alpha value is -2.76. The number of hydrogen-bond acceptors (Lipinski definition) is 4. The summed E-state index contributed by atoms with van der Waals surface area (Å²) in [6.45, 7) is 3.00. The highest BCUT2D eigenvalue weighted by molar-refractivity contribution is 5.91. The van der Waals surface area contributed by atoms with E-state index in [9.17, 15) is 9.59 Å². The number of likely N-dealkylation sites (tertiary alicyclic amines) is 1. The number of rotatable bonds is 4. The Balaban J connectivity index is 1.59. The first-order valence-corrected chi connectivity index (χ1v) is 7.88. The van der Waals surface area contributed by atoms with Crippen molar-refractivity contribution in [2.45, 2.75) is 19.4 Å². The van der Waals surface area contributed by atoms with Crippen LogP contribution in [0.25, 0.3) is 6.08 Å². The molecule has 0 saturated carbocycles. The number of ether oxygens (including phenoxy) is 1. The van der Waals surface area contributed by atoms with Crippen LogP contribution in [0.5, 0.6) is 5.75 Å². The number of carbonyl (C=O) groups is 1. The second-order valence-electron chi connectivity index (χ2n) is 5.89. The lowest BCUT2D eigenvalue weighted by Gasteiger charge is -2.16. The molecule has 1 aliphatic rings. The maximum atomic E-state index is 12.2. The maximum Gasteiger partial charge on any atom is 0.254 e. The summed E-state index contributed by atoms with van der Waals surface area (Å²) in [5.74, 6) is 1.13. The zero-order valence-corrected chi connectivity index (χ0v) is 13.8. The lowest BCUT2D eigenvalue weighted by Crippen LogP contribution is -2.29. The number of carbonyl (C=O) groups excluding carboxylic acids is 1. The minimum atomic E-state index is -0.0997. The number of hydrogen-bond donors (Lipinski definition) is 0. The third-order valence-corrected chi connectivity index (χ3v) is 4.17. The van der Waals surface area contributed by atoms with Gasteiger partial charge in [0.2, 0.25) is 5.91 Å². The average molecular weight is 328 g/mol. The van der Waals surface area contributed by atoms with E-state index in [0.29, 0.717) is 24.6 Å². The van der Waals surface area contributed by atoms with Gasteiger partial charge in [-0.3, -0.25) is 9.59 Å². The van der Waals surface area contributed by atoms with Gasteiger partial charge < -0.3 is 18.6 Å². The second-order valence-corrected chi connectivity index (χ2v) is 5.89. The molecule has 0 aromatic carbocycles. The molecule has 1 fully saturated rings. The van der Waals surface area contributed by atoms with Gasteiger partial charge in [-0.25, -0.2) is 0 Å². The van der Waals surface area contributed by atoms with Crippen molar-refractivity contribution in [1.82, 2.24) is 9.47 Å². The van der Waals surface area contributed by atoms with Crippen molar-refractivity contribution >= 4 is 12.0 Å². The zero-order chi connectivity index (χ0) is 17.1. The first-order chi connectivity index (χ1) is 11.5. The molecule has 6 nitrogen and oxygen atoms in total. The molecule has 0 spiro atoms. The van der Waals surface area contributed by atoms with Crippen LogP contribution in [0.15, 0.2) is 45.8 Å². The van der Waals surface area contributed by atoms with E-state index in [0.717, 1.165) is 12.1 Å². The number of nitrogens with zero attached hydrogens (tertiary/aromatic N) is 2. The summed E-state index contributed by atoms with van der Waals surface area (Å²) in [5.41, 5.74) is 0.738. The van der Waals surface area contributed by atoms with E-state index in [4.69, 9.17) is 9.15 Å². The molecule has 1 amide bonds. The molecule has 0 radical (unpaired) electrons. The van der Waals surface area contributed by atoms with Crippen molar-refractivity contribution in [1.29, 1.82) is 0 Å². The number of aryl methyl sites for hydroxylation is 1. The van der Waals surface area contributed by atoms with Gasteiger partial charge in [0.05, 0.1) is 12.8 Å². The molecule has 3 rings (SSSR count). The van der Waals surface area contributed by atoms with Gasteiger partial charge >= 0.3 is 0 Å². The molecule has 1 atom stereocenters. The lowest BCUT2D eigenvalue weighted by molar-refractivity contribution is -0.125. The smallest absolute Gasteiger partial charge is 0.254 e. The Labute approximate surface area is 139 Å². The highest BCUT2D eigenvalue weighted by Gasteiger charge is 2.26. The first kappa shape index (κ1) is 16.1. The molecule has 1 aliphatic heterocycles. The zero-order valence-electron chi connectivity index (χ0n) is 13.8. The molecular formula is C18H20N2O4. The standard InChI is InChI=1S/C18H20N2O4/c1-13-10-16(11-18(22)19(13)2)24-15-7-8-20(12-15)17(21)6-5-14-4-3-9-23-14/h3-6,9-11,15H,7-8,12H2,1-2H3/b6-5+. The van der Waals surface area contributed by atoms with Crippen molar-refractivity contribution in [3.05, 3.63) is 58.4 Å². The van der Waals surface area contributed by atoms with E-state index in [2.05, 4.69) is 0 Å². The van der Waals surface area contributed by atoms with Crippen molar-refractivity contribution in [2.75, 3.05) is 13.1 Å². The van der Waals surface area contributed by atoms with Gasteiger partial charge in [-0.2, -0.15) is 0 Å². The minimum Gasteiger partial charge on any atom is -0.488 e. The second kappa shape index (κ2) is 6.78. The highest BCUT2D eigenvalue weighted by atomic mass is 16.5. The maximum absolute atomic E-state index is 12.2. The van der Waals surface area contributed by atoms with Gasteiger partial charge in [0.25, 0.3) is 5.56 Å². The Morgan fingerprint density at radius 3 is 2.96 bits per heavy atom. The molecule has 0 bridgehead atoms. The normalized spacial score (nSPS) is 17.6. The van der Waals surface area contributed by atoms with Crippen LogP contribution in [0.1, 0.15) is 17.9 Å². The Morgan fingerprint density at radius 1 is 1.42 bits per heavy atom. The van der Waals surface area contributed by atoms with Crippen LogP contribution in [0.3, 0.4) is 0 Å². The van der Waals surface area contributed by atoms with E-state index in [-0.39, 0.29) is 17.6 Å². The SMILES string of the molecule is Cc1cc(OC2CCN(C(=O)/C=C/c3ccco3)C2)cc(=O)n1C. The summed E-state index contributed by atoms with van der Waals surface area (Å²) < 4.78 is 12.6. The van der Waals surface area contributed by atoms with Gasteiger partial charge in [-0.1, -0.05) is 0 Å². The Morgan fingerprint density at radius 2 is 2.25 bits per heavy atom. The lowest BCUT2D eigenvalue weighted by atomic mass is 10.3. The summed E-state index contributed by atoms with van der Waals surface area (Å²) in [7, 11) is 1.72. The van der Waals surface area contributed by atoms with Crippen molar-refractivity contribution in [3.63, 3.8) is 0 Å². The monoisotopic (exact) mass is 328 g/mol. The van der Waals surface area contributed by atoms with Gasteiger partial charge in [-0.15, -0.1) is 0 Å². The number of pyridine rings is 1. The number of furan rings is 1. The van der Waals surface area contributed by atoms with Gasteiger partial charge in [0.15, 0.2) is 0 Å². The summed E-state index contributed by atoms with van der Waals surface area (Å²) >= 11 is 0. The molecular weight excluding hydrogens is 308 g/mol. The molecule has 24 heavy (non-hydrogen) atoms. The van der Waals surface area contributed by atoms with Crippen LogP contribution in [0.2, 0.25) is 0 Å². The van der Waals surface area contributed by atoms with Gasteiger partial charge in [-0.05, 0) is 31.2 Å². The molecule has 3 heterocycles. The molecule has 1 saturated heterocycles. The van der Waals surface area contributed by atoms with Crippen LogP contribution in [-0.2, 0) is 11.8 Å². The molecule has 1 unspecified atom stereocenters. The third-order valence-electron chi connectivity index (χ3n) is 4.17. The minimum absolute atomic E-state index is 0.0716. The predicted octanol–water partition coefficient (Wildman–Crippen LogP) is 1.98. The topological polar surface area (TPSA) is 64.7 Å². The van der Waals surface area contributed by atoms with Crippen molar-refractivity contribution in [3.8, 4) is 5.75 Å². The summed E-state index contributed by atoms with van der Waals surface area (Å²) in [6.07, 6.45) is 5.37. The quantitative estimate of drug-likeness (QED) is 0.805. The van der Waals surface area contributed by atoms with E-state index in [1.54, 1.807) is 41.0 Å². The summed E-state index contributed by atoms with van der Waals surface area (Å²) in [6, 6.07) is 6.88. The molecule has 126 valence electrons. The largest absolute Gasteiger partial charge is 0.488 e. The van der Waals surface area contributed by atoms with Crippen molar-refractivity contribution < 1.29 is 13.9 Å². The fraction of sp³-hybridized carbons (Fsp3) is 0.333. The molecule has 2 aromatic heterocycles. The van der Waals surface area contributed by atoms with Gasteiger partial charge in [0, 0.05) is 37.8 Å². The van der Waals surface area contributed by atoms with E-state index >= 15 is 0 Å². The van der Waals surface area contributed by atoms with Crippen LogP contribution in [0, 0.1) is 6.92 Å². The summed E-state index contributed by atoms with van der Waals surface area (Å²) in [5, 5.41) is 0. The van der Waals surface area contributed by atoms with Crippen molar-refractivity contribution in [2.24, 2.45) is 7.05 Å². The molecule has 0 aliphatic carbocycles. The van der Waals surface area contributed by atoms with Crippen LogP contribution in [0.4, 0.5) is 0 Å². The highest BCUT2D eigenvalue weighted by Crippen LogP contribution is 2.18. The molecule has 2 aromatic rings. The first-order valence-electron chi connectivity index (χ1n) is 7.88. The molecule has 6 heteroatoms. The summed E-state index contributed by atoms with van der Waals surface area (Å²) in [4.78, 5) is 25.7. The van der Waals surface area contributed by atoms with Crippen LogP contribution < -0.4 is 10.3 Å². The van der Waals surface area contributed by atoms with Crippen LogP contribution >= 0.6 is 0 Å². The fourth-order valence-corrected chi connectivity index (χ4v) is 2.67. The van der Waals surface area contributed by atoms with E-state index in [1.807, 2.05) is 13.0 Å². The van der Waals surface area contributed by atoms with E-state index < -0.39 is 0 Å².